The minimum Gasteiger partial charge on any atom is -0.494 e. The number of ether oxygens (including phenoxy) is 2. The number of hydrogen-bond donors (Lipinski definition) is 0. The van der Waals surface area contributed by atoms with E-state index in [1.54, 1.807) is 26.9 Å². The highest BCUT2D eigenvalue weighted by atomic mass is 16.5. The summed E-state index contributed by atoms with van der Waals surface area (Å²) in [5.41, 5.74) is 6.93. The molecule has 0 radical (unpaired) electrons. The highest BCUT2D eigenvalue weighted by molar-refractivity contribution is 5.78. The molecular weight excluding hydrogens is 556 g/mol. The fourth-order valence-corrected chi connectivity index (χ4v) is 5.71. The van der Waals surface area contributed by atoms with Gasteiger partial charge in [-0.25, -0.2) is 15.0 Å². The quantitative estimate of drug-likeness (QED) is 0.227. The number of imidazole rings is 2. The van der Waals surface area contributed by atoms with Crippen molar-refractivity contribution in [3.8, 4) is 22.9 Å². The van der Waals surface area contributed by atoms with Gasteiger partial charge in [0.05, 0.1) is 61.0 Å². The molecule has 0 unspecified atom stereocenters. The number of aromatic nitrogens is 8. The van der Waals surface area contributed by atoms with E-state index < -0.39 is 0 Å². The highest BCUT2D eigenvalue weighted by Gasteiger charge is 2.25. The van der Waals surface area contributed by atoms with Crippen LogP contribution in [0, 0.1) is 20.8 Å². The number of benzene rings is 2. The lowest BCUT2D eigenvalue weighted by Gasteiger charge is -2.24. The van der Waals surface area contributed by atoms with Gasteiger partial charge in [0.1, 0.15) is 11.5 Å². The Labute approximate surface area is 255 Å². The first kappa shape index (κ1) is 27.4. The smallest absolute Gasteiger partial charge is 0.254 e. The molecule has 0 saturated carbocycles. The zero-order valence-corrected chi connectivity index (χ0v) is 25.5. The van der Waals surface area contributed by atoms with Crippen LogP contribution in [-0.2, 0) is 0 Å². The molecule has 7 rings (SSSR count). The Morgan fingerprint density at radius 3 is 1.82 bits per heavy atom. The summed E-state index contributed by atoms with van der Waals surface area (Å²) in [6.07, 6.45) is 11.6. The lowest BCUT2D eigenvalue weighted by Crippen LogP contribution is -2.22. The second-order valence-electron chi connectivity index (χ2n) is 11.0. The van der Waals surface area contributed by atoms with Gasteiger partial charge >= 0.3 is 0 Å². The van der Waals surface area contributed by atoms with Gasteiger partial charge in [-0.1, -0.05) is 0 Å². The lowest BCUT2D eigenvalue weighted by atomic mass is 10.2. The van der Waals surface area contributed by atoms with Crippen molar-refractivity contribution in [3.05, 3.63) is 84.6 Å². The number of nitrogens with zero attached hydrogens (tertiary/aromatic N) is 10. The van der Waals surface area contributed by atoms with Gasteiger partial charge in [0.15, 0.2) is 5.65 Å². The molecule has 1 fully saturated rings. The molecule has 0 atom stereocenters. The first-order valence-electron chi connectivity index (χ1n) is 14.6. The van der Waals surface area contributed by atoms with E-state index >= 15 is 0 Å². The monoisotopic (exact) mass is 590 g/mol. The van der Waals surface area contributed by atoms with Crippen LogP contribution in [0.3, 0.4) is 0 Å². The number of hydrogen-bond acceptors (Lipinski definition) is 9. The van der Waals surface area contributed by atoms with Crippen molar-refractivity contribution < 1.29 is 9.47 Å². The maximum atomic E-state index is 5.89. The molecule has 224 valence electrons. The van der Waals surface area contributed by atoms with Gasteiger partial charge in [-0.15, -0.1) is 5.10 Å². The molecule has 0 N–H and O–H groups in total. The zero-order chi connectivity index (χ0) is 30.4. The van der Waals surface area contributed by atoms with Gasteiger partial charge in [-0.3, -0.25) is 4.90 Å². The van der Waals surface area contributed by atoms with E-state index in [1.165, 1.54) is 0 Å². The summed E-state index contributed by atoms with van der Waals surface area (Å²) in [6.45, 7) is 7.83. The van der Waals surface area contributed by atoms with Crippen LogP contribution < -0.4 is 19.3 Å². The number of methoxy groups -OCH3 is 2. The molecule has 5 heterocycles. The molecular formula is C32H34N10O2. The topological polar surface area (TPSA) is 104 Å². The highest BCUT2D eigenvalue weighted by Crippen LogP contribution is 2.40. The number of rotatable bonds is 8. The third-order valence-electron chi connectivity index (χ3n) is 7.92. The summed E-state index contributed by atoms with van der Waals surface area (Å²) in [6, 6.07) is 12.1. The fourth-order valence-electron chi connectivity index (χ4n) is 5.71. The Morgan fingerprint density at radius 2 is 1.32 bits per heavy atom. The summed E-state index contributed by atoms with van der Waals surface area (Å²) < 4.78 is 17.5. The molecule has 0 aliphatic carbocycles. The maximum absolute atomic E-state index is 5.89. The fraction of sp³-hybridized carbons (Fsp3) is 0.281. The van der Waals surface area contributed by atoms with Crippen LogP contribution in [0.2, 0.25) is 0 Å². The number of anilines is 4. The molecule has 1 aliphatic rings. The minimum absolute atomic E-state index is 0.503. The normalized spacial score (nSPS) is 13.2. The molecule has 6 aromatic rings. The Hall–Kier alpha value is -5.39. The summed E-state index contributed by atoms with van der Waals surface area (Å²) in [5.74, 6) is 2.67. The summed E-state index contributed by atoms with van der Waals surface area (Å²) in [7, 11) is 3.34. The van der Waals surface area contributed by atoms with Crippen molar-refractivity contribution in [1.29, 1.82) is 0 Å². The SMILES string of the molecule is COc1cc(N(c2ccc(-n3cnc(C)c3)c(OC)c2)c2nc3c(C)cnc(N4CCCC4)n3n2)ccc1-n1cnc(C)c1. The van der Waals surface area contributed by atoms with E-state index in [-0.39, 0.29) is 0 Å². The van der Waals surface area contributed by atoms with Gasteiger partial charge < -0.3 is 23.5 Å². The third-order valence-corrected chi connectivity index (χ3v) is 7.92. The van der Waals surface area contributed by atoms with Crippen LogP contribution in [-0.4, -0.2) is 66.0 Å². The average molecular weight is 591 g/mol. The second-order valence-corrected chi connectivity index (χ2v) is 11.0. The van der Waals surface area contributed by atoms with E-state index in [1.807, 2.05) is 94.3 Å². The van der Waals surface area contributed by atoms with Crippen LogP contribution >= 0.6 is 0 Å². The first-order chi connectivity index (χ1) is 21.4. The van der Waals surface area contributed by atoms with Crippen LogP contribution in [0.15, 0.2) is 67.6 Å². The molecule has 0 spiro atoms. The van der Waals surface area contributed by atoms with Crippen LogP contribution in [0.4, 0.5) is 23.3 Å². The Bertz CT molecular complexity index is 1880. The molecule has 12 heteroatoms. The summed E-state index contributed by atoms with van der Waals surface area (Å²) in [4.78, 5) is 22.9. The summed E-state index contributed by atoms with van der Waals surface area (Å²) >= 11 is 0. The first-order valence-corrected chi connectivity index (χ1v) is 14.6. The number of aryl methyl sites for hydroxylation is 3. The van der Waals surface area contributed by atoms with Gasteiger partial charge in [0.2, 0.25) is 5.95 Å². The van der Waals surface area contributed by atoms with Crippen molar-refractivity contribution >= 4 is 28.9 Å². The Balaban J connectivity index is 1.41. The van der Waals surface area contributed by atoms with Crippen LogP contribution in [0.1, 0.15) is 29.8 Å². The minimum atomic E-state index is 0.503. The molecule has 4 aromatic heterocycles. The second kappa shape index (κ2) is 11.0. The van der Waals surface area contributed by atoms with E-state index in [2.05, 4.69) is 14.9 Å². The van der Waals surface area contributed by atoms with E-state index in [0.717, 1.165) is 77.2 Å². The van der Waals surface area contributed by atoms with E-state index in [9.17, 15) is 0 Å². The van der Waals surface area contributed by atoms with Gasteiger partial charge in [-0.2, -0.15) is 9.50 Å². The van der Waals surface area contributed by atoms with Gasteiger partial charge in [0, 0.05) is 49.4 Å². The molecule has 0 amide bonds. The zero-order valence-electron chi connectivity index (χ0n) is 25.5. The molecule has 2 aromatic carbocycles. The van der Waals surface area contributed by atoms with Crippen molar-refractivity contribution in [1.82, 2.24) is 38.7 Å². The van der Waals surface area contributed by atoms with E-state index in [0.29, 0.717) is 17.4 Å². The molecule has 12 nitrogen and oxygen atoms in total. The van der Waals surface area contributed by atoms with Crippen LogP contribution in [0.25, 0.3) is 17.0 Å². The van der Waals surface area contributed by atoms with Gasteiger partial charge in [-0.05, 0) is 57.9 Å². The Morgan fingerprint density at radius 1 is 0.750 bits per heavy atom. The molecule has 1 aliphatic heterocycles. The molecule has 1 saturated heterocycles. The molecule has 0 bridgehead atoms. The summed E-state index contributed by atoms with van der Waals surface area (Å²) in [5, 5.41) is 5.07. The Kier molecular flexibility index (Phi) is 6.88. The number of fused-ring (bicyclic) bond motifs is 1. The van der Waals surface area contributed by atoms with E-state index in [4.69, 9.17) is 24.5 Å². The van der Waals surface area contributed by atoms with Crippen molar-refractivity contribution in [2.24, 2.45) is 0 Å². The lowest BCUT2D eigenvalue weighted by molar-refractivity contribution is 0.412. The van der Waals surface area contributed by atoms with Gasteiger partial charge in [0.25, 0.3) is 5.95 Å². The maximum Gasteiger partial charge on any atom is 0.254 e. The predicted molar refractivity (Wildman–Crippen MR) is 168 cm³/mol. The van der Waals surface area contributed by atoms with Crippen LogP contribution in [0.5, 0.6) is 11.5 Å². The largest absolute Gasteiger partial charge is 0.494 e. The predicted octanol–water partition coefficient (Wildman–Crippen LogP) is 5.51. The standard InChI is InChI=1S/C32H34N10O2/c1-21-16-33-32(38-12-6-7-13-38)42-30(21)36-31(37-42)41(24-8-10-26(28(14-24)43-4)39-17-22(2)34-19-39)25-9-11-27(29(15-25)44-5)40-18-23(3)35-20-40/h8-11,14-20H,6-7,12-13H2,1-5H3. The third kappa shape index (κ3) is 4.77. The van der Waals surface area contributed by atoms with Crippen molar-refractivity contribution in [2.45, 2.75) is 33.6 Å². The molecule has 44 heavy (non-hydrogen) atoms. The van der Waals surface area contributed by atoms with Crippen molar-refractivity contribution in [3.63, 3.8) is 0 Å². The van der Waals surface area contributed by atoms with Crippen molar-refractivity contribution in [2.75, 3.05) is 37.1 Å². The average Bonchev–Trinajstić information content (AvgIpc) is 3.86.